The molecule has 1 fully saturated rings. The summed E-state index contributed by atoms with van der Waals surface area (Å²) >= 11 is 0. The van der Waals surface area contributed by atoms with Crippen molar-refractivity contribution in [1.82, 2.24) is 5.32 Å². The van der Waals surface area contributed by atoms with Gasteiger partial charge in [-0.2, -0.15) is 0 Å². The SMILES string of the molecule is N=C(N)c1ccc2cc(C(=O)NC3CCC(N)CC3)ccc2c1. The third-order valence-electron chi connectivity index (χ3n) is 4.52. The van der Waals surface area contributed by atoms with Crippen LogP contribution in [0.4, 0.5) is 0 Å². The van der Waals surface area contributed by atoms with Crippen LogP contribution in [0.1, 0.15) is 41.6 Å². The minimum Gasteiger partial charge on any atom is -0.384 e. The zero-order valence-electron chi connectivity index (χ0n) is 13.0. The fourth-order valence-corrected chi connectivity index (χ4v) is 3.09. The molecule has 1 amide bonds. The van der Waals surface area contributed by atoms with E-state index in [0.717, 1.165) is 36.5 Å². The topological polar surface area (TPSA) is 105 Å². The fraction of sp³-hybridized carbons (Fsp3) is 0.333. The highest BCUT2D eigenvalue weighted by molar-refractivity contribution is 6.02. The summed E-state index contributed by atoms with van der Waals surface area (Å²) in [5, 5.41) is 12.5. The number of carbonyl (C=O) groups excluding carboxylic acids is 1. The Kier molecular flexibility index (Phi) is 4.30. The fourth-order valence-electron chi connectivity index (χ4n) is 3.09. The van der Waals surface area contributed by atoms with Crippen LogP contribution in [0.2, 0.25) is 0 Å². The van der Waals surface area contributed by atoms with E-state index in [4.69, 9.17) is 16.9 Å². The van der Waals surface area contributed by atoms with Crippen LogP contribution in [0.3, 0.4) is 0 Å². The molecular formula is C18H22N4O. The van der Waals surface area contributed by atoms with Crippen LogP contribution in [0.25, 0.3) is 10.8 Å². The molecule has 0 heterocycles. The normalized spacial score (nSPS) is 21.1. The molecule has 23 heavy (non-hydrogen) atoms. The molecule has 0 aromatic heterocycles. The Morgan fingerprint density at radius 2 is 1.57 bits per heavy atom. The summed E-state index contributed by atoms with van der Waals surface area (Å²) in [4.78, 5) is 12.4. The molecule has 0 atom stereocenters. The largest absolute Gasteiger partial charge is 0.384 e. The highest BCUT2D eigenvalue weighted by Gasteiger charge is 2.20. The summed E-state index contributed by atoms with van der Waals surface area (Å²) in [6.07, 6.45) is 3.83. The van der Waals surface area contributed by atoms with Crippen LogP contribution in [-0.4, -0.2) is 23.8 Å². The highest BCUT2D eigenvalue weighted by Crippen LogP contribution is 2.20. The van der Waals surface area contributed by atoms with Gasteiger partial charge in [-0.3, -0.25) is 10.2 Å². The van der Waals surface area contributed by atoms with Crippen molar-refractivity contribution >= 4 is 22.5 Å². The van der Waals surface area contributed by atoms with Gasteiger partial charge in [0.2, 0.25) is 0 Å². The maximum Gasteiger partial charge on any atom is 0.251 e. The number of rotatable bonds is 3. The zero-order valence-corrected chi connectivity index (χ0v) is 13.0. The Bertz CT molecular complexity index is 748. The van der Waals surface area contributed by atoms with E-state index in [-0.39, 0.29) is 23.8 Å². The minimum atomic E-state index is -0.0389. The molecule has 0 bridgehead atoms. The van der Waals surface area contributed by atoms with Crippen LogP contribution in [-0.2, 0) is 0 Å². The van der Waals surface area contributed by atoms with Gasteiger partial charge in [0.1, 0.15) is 5.84 Å². The van der Waals surface area contributed by atoms with Crippen LogP contribution in [0, 0.1) is 5.41 Å². The summed E-state index contributed by atoms with van der Waals surface area (Å²) in [5.41, 5.74) is 12.7. The molecule has 3 rings (SSSR count). The first-order valence-electron chi connectivity index (χ1n) is 7.97. The number of carbonyl (C=O) groups is 1. The van der Waals surface area contributed by atoms with E-state index in [1.165, 1.54) is 0 Å². The summed E-state index contributed by atoms with van der Waals surface area (Å²) in [5.74, 6) is 0.00671. The van der Waals surface area contributed by atoms with Gasteiger partial charge in [0.05, 0.1) is 0 Å². The molecule has 6 N–H and O–H groups in total. The lowest BCUT2D eigenvalue weighted by Crippen LogP contribution is -2.40. The second-order valence-corrected chi connectivity index (χ2v) is 6.28. The second kappa shape index (κ2) is 6.38. The quantitative estimate of drug-likeness (QED) is 0.515. The average Bonchev–Trinajstić information content (AvgIpc) is 2.55. The predicted octanol–water partition coefficient (Wildman–Crippen LogP) is 2.12. The molecule has 0 radical (unpaired) electrons. The molecular weight excluding hydrogens is 288 g/mol. The number of nitrogens with one attached hydrogen (secondary N) is 2. The van der Waals surface area contributed by atoms with Crippen molar-refractivity contribution in [2.24, 2.45) is 11.5 Å². The predicted molar refractivity (Wildman–Crippen MR) is 92.7 cm³/mol. The van der Waals surface area contributed by atoms with E-state index in [1.807, 2.05) is 30.3 Å². The summed E-state index contributed by atoms with van der Waals surface area (Å²) in [7, 11) is 0. The molecule has 5 heteroatoms. The number of nitrogens with two attached hydrogens (primary N) is 2. The van der Waals surface area contributed by atoms with Gasteiger partial charge in [-0.05, 0) is 54.7 Å². The number of amides is 1. The maximum absolute atomic E-state index is 12.4. The summed E-state index contributed by atoms with van der Waals surface area (Å²) in [6, 6.07) is 11.6. The lowest BCUT2D eigenvalue weighted by molar-refractivity contribution is 0.0926. The van der Waals surface area contributed by atoms with E-state index in [1.54, 1.807) is 6.07 Å². The van der Waals surface area contributed by atoms with Crippen LogP contribution in [0.5, 0.6) is 0 Å². The van der Waals surface area contributed by atoms with Crippen molar-refractivity contribution in [3.05, 3.63) is 47.5 Å². The Balaban J connectivity index is 1.76. The number of nitrogen functional groups attached to an aromatic ring is 1. The first-order valence-corrected chi connectivity index (χ1v) is 7.97. The number of benzene rings is 2. The lowest BCUT2D eigenvalue weighted by Gasteiger charge is -2.26. The molecule has 0 spiro atoms. The highest BCUT2D eigenvalue weighted by atomic mass is 16.1. The third kappa shape index (κ3) is 3.51. The Morgan fingerprint density at radius 1 is 1.00 bits per heavy atom. The van der Waals surface area contributed by atoms with Gasteiger partial charge < -0.3 is 16.8 Å². The van der Waals surface area contributed by atoms with Gasteiger partial charge in [-0.1, -0.05) is 18.2 Å². The zero-order chi connectivity index (χ0) is 16.4. The van der Waals surface area contributed by atoms with E-state index < -0.39 is 0 Å². The molecule has 1 aliphatic rings. The van der Waals surface area contributed by atoms with E-state index in [9.17, 15) is 4.79 Å². The van der Waals surface area contributed by atoms with Crippen molar-refractivity contribution in [2.45, 2.75) is 37.8 Å². The Morgan fingerprint density at radius 3 is 2.17 bits per heavy atom. The number of hydrogen-bond donors (Lipinski definition) is 4. The molecule has 2 aromatic rings. The molecule has 2 aromatic carbocycles. The minimum absolute atomic E-state index is 0.0389. The first kappa shape index (κ1) is 15.5. The van der Waals surface area contributed by atoms with Crippen LogP contribution >= 0.6 is 0 Å². The van der Waals surface area contributed by atoms with Crippen molar-refractivity contribution in [2.75, 3.05) is 0 Å². The molecule has 5 nitrogen and oxygen atoms in total. The lowest BCUT2D eigenvalue weighted by atomic mass is 9.91. The molecule has 0 aliphatic heterocycles. The van der Waals surface area contributed by atoms with Gasteiger partial charge in [0, 0.05) is 23.2 Å². The standard InChI is InChI=1S/C18H22N4O/c19-15-5-7-16(8-6-15)22-18(23)14-4-2-11-9-13(17(20)21)3-1-12(11)10-14/h1-4,9-10,15-16H,5-8,19H2,(H3,20,21)(H,22,23). The molecule has 1 aliphatic carbocycles. The molecule has 0 unspecified atom stereocenters. The van der Waals surface area contributed by atoms with Gasteiger partial charge in [-0.15, -0.1) is 0 Å². The van der Waals surface area contributed by atoms with Gasteiger partial charge in [0.15, 0.2) is 0 Å². The van der Waals surface area contributed by atoms with Crippen LogP contribution < -0.4 is 16.8 Å². The first-order chi connectivity index (χ1) is 11.0. The smallest absolute Gasteiger partial charge is 0.251 e. The van der Waals surface area contributed by atoms with Crippen molar-refractivity contribution in [1.29, 1.82) is 5.41 Å². The van der Waals surface area contributed by atoms with E-state index in [2.05, 4.69) is 5.32 Å². The van der Waals surface area contributed by atoms with E-state index >= 15 is 0 Å². The van der Waals surface area contributed by atoms with E-state index in [0.29, 0.717) is 11.1 Å². The van der Waals surface area contributed by atoms with Gasteiger partial charge in [0.25, 0.3) is 5.91 Å². The maximum atomic E-state index is 12.4. The summed E-state index contributed by atoms with van der Waals surface area (Å²) < 4.78 is 0. The van der Waals surface area contributed by atoms with Gasteiger partial charge >= 0.3 is 0 Å². The number of hydrogen-bond acceptors (Lipinski definition) is 3. The van der Waals surface area contributed by atoms with Crippen molar-refractivity contribution in [3.63, 3.8) is 0 Å². The Labute approximate surface area is 135 Å². The summed E-state index contributed by atoms with van der Waals surface area (Å²) in [6.45, 7) is 0. The molecule has 1 saturated carbocycles. The van der Waals surface area contributed by atoms with Crippen LogP contribution in [0.15, 0.2) is 36.4 Å². The monoisotopic (exact) mass is 310 g/mol. The van der Waals surface area contributed by atoms with Gasteiger partial charge in [-0.25, -0.2) is 0 Å². The third-order valence-corrected chi connectivity index (χ3v) is 4.52. The van der Waals surface area contributed by atoms with Crippen molar-refractivity contribution < 1.29 is 4.79 Å². The second-order valence-electron chi connectivity index (χ2n) is 6.28. The molecule has 120 valence electrons. The molecule has 0 saturated heterocycles. The number of amidine groups is 1. The number of fused-ring (bicyclic) bond motifs is 1. The average molecular weight is 310 g/mol. The van der Waals surface area contributed by atoms with Crippen molar-refractivity contribution in [3.8, 4) is 0 Å². The Hall–Kier alpha value is -2.40.